The highest BCUT2D eigenvalue weighted by Crippen LogP contribution is 2.29. The molecule has 1 heterocycles. The lowest BCUT2D eigenvalue weighted by Crippen LogP contribution is -2.41. The average molecular weight is 393 g/mol. The molecule has 0 spiro atoms. The first-order valence-electron chi connectivity index (χ1n) is 8.37. The molecule has 1 aliphatic heterocycles. The first-order chi connectivity index (χ1) is 11.4. The summed E-state index contributed by atoms with van der Waals surface area (Å²) in [5.74, 6) is 0.707. The molecule has 1 aromatic rings. The highest BCUT2D eigenvalue weighted by molar-refractivity contribution is 7.89. The zero-order valence-corrected chi connectivity index (χ0v) is 16.8. The number of piperidine rings is 1. The maximum atomic E-state index is 13.0. The molecular weight excluding hydrogens is 364 g/mol. The number of benzene rings is 1. The normalized spacial score (nSPS) is 16.5. The number of hydrogen-bond acceptors (Lipinski definition) is 5. The van der Waals surface area contributed by atoms with Crippen LogP contribution in [-0.2, 0) is 14.8 Å². The van der Waals surface area contributed by atoms with Crippen LogP contribution in [0.15, 0.2) is 17.0 Å². The molecule has 6 nitrogen and oxygen atoms in total. The molecule has 0 saturated carbocycles. The molecule has 25 heavy (non-hydrogen) atoms. The fourth-order valence-corrected chi connectivity index (χ4v) is 4.73. The van der Waals surface area contributed by atoms with E-state index in [-0.39, 0.29) is 18.5 Å². The molecule has 2 N–H and O–H groups in total. The van der Waals surface area contributed by atoms with Gasteiger partial charge in [-0.3, -0.25) is 0 Å². The fourth-order valence-electron chi connectivity index (χ4n) is 2.97. The Morgan fingerprint density at radius 3 is 2.40 bits per heavy atom. The van der Waals surface area contributed by atoms with Crippen molar-refractivity contribution in [3.05, 3.63) is 23.3 Å². The molecule has 0 aromatic heterocycles. The van der Waals surface area contributed by atoms with Gasteiger partial charge < -0.3 is 15.2 Å². The Morgan fingerprint density at radius 2 is 1.84 bits per heavy atom. The minimum Gasteiger partial charge on any atom is -0.496 e. The predicted octanol–water partition coefficient (Wildman–Crippen LogP) is 2.25. The highest BCUT2D eigenvalue weighted by atomic mass is 35.5. The number of nitrogens with two attached hydrogens (primary N) is 1. The monoisotopic (exact) mass is 392 g/mol. The molecule has 0 atom stereocenters. The van der Waals surface area contributed by atoms with Crippen molar-refractivity contribution in [3.8, 4) is 5.75 Å². The van der Waals surface area contributed by atoms with Crippen molar-refractivity contribution in [3.63, 3.8) is 0 Å². The molecular formula is C17H29ClN2O4S. The van der Waals surface area contributed by atoms with E-state index in [1.54, 1.807) is 30.5 Å². The maximum Gasteiger partial charge on any atom is 0.243 e. The molecule has 0 aliphatic carbocycles. The van der Waals surface area contributed by atoms with Crippen LogP contribution in [0, 0.1) is 13.8 Å². The predicted molar refractivity (Wildman–Crippen MR) is 101 cm³/mol. The van der Waals surface area contributed by atoms with E-state index < -0.39 is 10.0 Å². The van der Waals surface area contributed by atoms with Crippen molar-refractivity contribution >= 4 is 22.4 Å². The summed E-state index contributed by atoms with van der Waals surface area (Å²) in [6.45, 7) is 5.89. The number of rotatable bonds is 7. The first kappa shape index (κ1) is 22.2. The molecule has 0 radical (unpaired) electrons. The van der Waals surface area contributed by atoms with Gasteiger partial charge in [-0.25, -0.2) is 8.42 Å². The lowest BCUT2D eigenvalue weighted by Gasteiger charge is -2.31. The molecule has 1 aromatic carbocycles. The molecule has 8 heteroatoms. The highest BCUT2D eigenvalue weighted by Gasteiger charge is 2.31. The third-order valence-corrected chi connectivity index (χ3v) is 6.45. The Bertz CT molecular complexity index is 659. The van der Waals surface area contributed by atoms with Gasteiger partial charge in [-0.15, -0.1) is 12.4 Å². The van der Waals surface area contributed by atoms with E-state index in [0.717, 1.165) is 24.8 Å². The molecule has 2 rings (SSSR count). The largest absolute Gasteiger partial charge is 0.496 e. The van der Waals surface area contributed by atoms with Crippen LogP contribution in [0.2, 0.25) is 0 Å². The van der Waals surface area contributed by atoms with Crippen molar-refractivity contribution in [2.24, 2.45) is 5.73 Å². The van der Waals surface area contributed by atoms with Gasteiger partial charge in [0.05, 0.1) is 18.1 Å². The van der Waals surface area contributed by atoms with Crippen LogP contribution in [0.1, 0.15) is 30.4 Å². The second-order valence-electron chi connectivity index (χ2n) is 6.20. The number of hydrogen-bond donors (Lipinski definition) is 1. The van der Waals surface area contributed by atoms with Gasteiger partial charge in [0.25, 0.3) is 0 Å². The zero-order valence-electron chi connectivity index (χ0n) is 15.2. The zero-order chi connectivity index (χ0) is 17.7. The number of sulfonamides is 1. The van der Waals surface area contributed by atoms with E-state index in [1.165, 1.54) is 0 Å². The fraction of sp³-hybridized carbons (Fsp3) is 0.647. The second-order valence-corrected chi connectivity index (χ2v) is 8.11. The van der Waals surface area contributed by atoms with Crippen LogP contribution in [0.25, 0.3) is 0 Å². The summed E-state index contributed by atoms with van der Waals surface area (Å²) in [7, 11) is -1.90. The van der Waals surface area contributed by atoms with E-state index in [0.29, 0.717) is 42.4 Å². The molecule has 0 unspecified atom stereocenters. The van der Waals surface area contributed by atoms with Gasteiger partial charge in [0, 0.05) is 19.7 Å². The van der Waals surface area contributed by atoms with E-state index in [4.69, 9.17) is 15.2 Å². The van der Waals surface area contributed by atoms with Crippen molar-refractivity contribution in [1.82, 2.24) is 4.31 Å². The van der Waals surface area contributed by atoms with Crippen LogP contribution in [0.5, 0.6) is 5.75 Å². The van der Waals surface area contributed by atoms with Gasteiger partial charge in [0.2, 0.25) is 10.0 Å². The minimum atomic E-state index is -3.49. The van der Waals surface area contributed by atoms with Crippen LogP contribution in [0.3, 0.4) is 0 Å². The van der Waals surface area contributed by atoms with Gasteiger partial charge in [0.15, 0.2) is 0 Å². The summed E-state index contributed by atoms with van der Waals surface area (Å²) in [5, 5.41) is 0. The van der Waals surface area contributed by atoms with Crippen molar-refractivity contribution in [1.29, 1.82) is 0 Å². The molecule has 144 valence electrons. The third-order valence-electron chi connectivity index (χ3n) is 4.41. The Balaban J connectivity index is 0.00000312. The van der Waals surface area contributed by atoms with E-state index in [9.17, 15) is 8.42 Å². The Hall–Kier alpha value is -0.860. The summed E-state index contributed by atoms with van der Waals surface area (Å²) in [4.78, 5) is 0.364. The van der Waals surface area contributed by atoms with Gasteiger partial charge in [-0.2, -0.15) is 4.31 Å². The van der Waals surface area contributed by atoms with Gasteiger partial charge in [-0.1, -0.05) is 0 Å². The van der Waals surface area contributed by atoms with Gasteiger partial charge in [0.1, 0.15) is 5.75 Å². The summed E-state index contributed by atoms with van der Waals surface area (Å²) >= 11 is 0. The number of methoxy groups -OCH3 is 1. The molecule has 1 fully saturated rings. The molecule has 1 aliphatic rings. The minimum absolute atomic E-state index is 0. The number of aryl methyl sites for hydroxylation is 2. The first-order valence-corrected chi connectivity index (χ1v) is 9.81. The quantitative estimate of drug-likeness (QED) is 0.719. The number of nitrogens with zero attached hydrogens (tertiary/aromatic N) is 1. The van der Waals surface area contributed by atoms with E-state index in [1.807, 2.05) is 6.92 Å². The standard InChI is InChI=1S/C17H28N2O4S.ClH/c1-13-12-17(14(2)11-16(13)22-3)24(20,21)19-8-5-15(6-9-19)23-10-4-7-18;/h11-12,15H,4-10,18H2,1-3H3;1H. The maximum absolute atomic E-state index is 13.0. The van der Waals surface area contributed by atoms with Crippen molar-refractivity contribution in [2.45, 2.75) is 44.1 Å². The van der Waals surface area contributed by atoms with Gasteiger partial charge in [-0.05, 0) is 62.9 Å². The number of ether oxygens (including phenoxy) is 2. The average Bonchev–Trinajstić information content (AvgIpc) is 2.57. The smallest absolute Gasteiger partial charge is 0.243 e. The lowest BCUT2D eigenvalue weighted by atomic mass is 10.1. The molecule has 0 bridgehead atoms. The Kier molecular flexibility index (Phi) is 8.63. The van der Waals surface area contributed by atoms with Gasteiger partial charge >= 0.3 is 0 Å². The Labute approximate surface area is 157 Å². The van der Waals surface area contributed by atoms with Crippen LogP contribution in [-0.4, -0.2) is 52.2 Å². The van der Waals surface area contributed by atoms with E-state index >= 15 is 0 Å². The molecule has 0 amide bonds. The third kappa shape index (κ3) is 5.31. The lowest BCUT2D eigenvalue weighted by molar-refractivity contribution is 0.0209. The molecule has 1 saturated heterocycles. The van der Waals surface area contributed by atoms with Crippen LogP contribution >= 0.6 is 12.4 Å². The number of halogens is 1. The van der Waals surface area contributed by atoms with E-state index in [2.05, 4.69) is 0 Å². The SMILES string of the molecule is COc1cc(C)c(S(=O)(=O)N2CCC(OCCCN)CC2)cc1C.Cl. The summed E-state index contributed by atoms with van der Waals surface area (Å²) < 4.78 is 38.5. The van der Waals surface area contributed by atoms with Crippen LogP contribution in [0.4, 0.5) is 0 Å². The van der Waals surface area contributed by atoms with Crippen molar-refractivity contribution < 1.29 is 17.9 Å². The summed E-state index contributed by atoms with van der Waals surface area (Å²) in [6, 6.07) is 3.48. The topological polar surface area (TPSA) is 81.9 Å². The summed E-state index contributed by atoms with van der Waals surface area (Å²) in [6.07, 6.45) is 2.40. The second kappa shape index (κ2) is 9.73. The van der Waals surface area contributed by atoms with Crippen LogP contribution < -0.4 is 10.5 Å². The Morgan fingerprint density at radius 1 is 1.20 bits per heavy atom. The summed E-state index contributed by atoms with van der Waals surface area (Å²) in [5.41, 5.74) is 6.99. The van der Waals surface area contributed by atoms with Crippen molar-refractivity contribution in [2.75, 3.05) is 33.4 Å².